The van der Waals surface area contributed by atoms with Crippen LogP contribution in [-0.4, -0.2) is 11.7 Å². The highest BCUT2D eigenvalue weighted by molar-refractivity contribution is 9.10. The van der Waals surface area contributed by atoms with Gasteiger partial charge in [-0.2, -0.15) is 0 Å². The Balaban J connectivity index is 2.13. The van der Waals surface area contributed by atoms with E-state index in [1.807, 2.05) is 25.1 Å². The summed E-state index contributed by atoms with van der Waals surface area (Å²) in [4.78, 5) is 1.26. The zero-order valence-corrected chi connectivity index (χ0v) is 13.9. The first-order valence-electron chi connectivity index (χ1n) is 6.51. The first-order chi connectivity index (χ1) is 9.63. The van der Waals surface area contributed by atoms with Crippen LogP contribution >= 0.6 is 27.3 Å². The summed E-state index contributed by atoms with van der Waals surface area (Å²) in [6.07, 6.45) is 0. The Labute approximate surface area is 131 Å². The van der Waals surface area contributed by atoms with Crippen molar-refractivity contribution in [2.24, 2.45) is 0 Å². The summed E-state index contributed by atoms with van der Waals surface area (Å²) in [5, 5.41) is 14.9. The first kappa shape index (κ1) is 15.4. The van der Waals surface area contributed by atoms with E-state index < -0.39 is 0 Å². The molecule has 0 fully saturated rings. The second kappa shape index (κ2) is 7.11. The van der Waals surface area contributed by atoms with E-state index in [4.69, 9.17) is 4.74 Å². The number of thiophene rings is 1. The second-order valence-corrected chi connectivity index (χ2v) is 6.31. The molecule has 0 aliphatic heterocycles. The van der Waals surface area contributed by atoms with Crippen LogP contribution in [0.3, 0.4) is 0 Å². The zero-order valence-electron chi connectivity index (χ0n) is 11.5. The van der Waals surface area contributed by atoms with Crippen LogP contribution in [0, 0.1) is 0 Å². The Hall–Kier alpha value is -1.04. The average molecular weight is 356 g/mol. The van der Waals surface area contributed by atoms with E-state index in [0.29, 0.717) is 6.61 Å². The lowest BCUT2D eigenvalue weighted by atomic mass is 10.1. The fraction of sp³-hybridized carbons (Fsp3) is 0.333. The standard InChI is InChI=1S/C15H18BrNO2S/c1-3-19-14-5-4-13(6-11(14)8-18)17-10(2)15-7-12(16)9-20-15/h4-7,9-10,17-18H,3,8H2,1-2H3. The van der Waals surface area contributed by atoms with E-state index in [0.717, 1.165) is 21.5 Å². The molecule has 0 amide bonds. The smallest absolute Gasteiger partial charge is 0.124 e. The van der Waals surface area contributed by atoms with E-state index in [-0.39, 0.29) is 12.6 Å². The number of aliphatic hydroxyl groups excluding tert-OH is 1. The van der Waals surface area contributed by atoms with Gasteiger partial charge in [0, 0.05) is 26.0 Å². The molecule has 0 radical (unpaired) electrons. The van der Waals surface area contributed by atoms with Crippen molar-refractivity contribution in [3.8, 4) is 5.75 Å². The SMILES string of the molecule is CCOc1ccc(NC(C)c2cc(Br)cs2)cc1CO. The fourth-order valence-corrected chi connectivity index (χ4v) is 3.42. The van der Waals surface area contributed by atoms with Gasteiger partial charge in [0.25, 0.3) is 0 Å². The maximum atomic E-state index is 9.41. The van der Waals surface area contributed by atoms with Crippen molar-refractivity contribution in [1.82, 2.24) is 0 Å². The highest BCUT2D eigenvalue weighted by atomic mass is 79.9. The number of hydrogen-bond donors (Lipinski definition) is 2. The summed E-state index contributed by atoms with van der Waals surface area (Å²) < 4.78 is 6.59. The molecule has 2 N–H and O–H groups in total. The van der Waals surface area contributed by atoms with Crippen LogP contribution in [0.2, 0.25) is 0 Å². The number of aliphatic hydroxyl groups is 1. The van der Waals surface area contributed by atoms with Crippen molar-refractivity contribution in [3.63, 3.8) is 0 Å². The van der Waals surface area contributed by atoms with Gasteiger partial charge < -0.3 is 15.2 Å². The van der Waals surface area contributed by atoms with E-state index in [2.05, 4.69) is 39.6 Å². The van der Waals surface area contributed by atoms with Gasteiger partial charge in [0.15, 0.2) is 0 Å². The summed E-state index contributed by atoms with van der Waals surface area (Å²) in [5.41, 5.74) is 1.78. The van der Waals surface area contributed by atoms with Crippen LogP contribution in [0.5, 0.6) is 5.75 Å². The van der Waals surface area contributed by atoms with Gasteiger partial charge in [-0.25, -0.2) is 0 Å². The van der Waals surface area contributed by atoms with Crippen LogP contribution in [0.15, 0.2) is 34.1 Å². The molecule has 1 unspecified atom stereocenters. The van der Waals surface area contributed by atoms with Crippen molar-refractivity contribution in [1.29, 1.82) is 0 Å². The van der Waals surface area contributed by atoms with Crippen molar-refractivity contribution >= 4 is 33.0 Å². The van der Waals surface area contributed by atoms with Gasteiger partial charge in [-0.05, 0) is 54.0 Å². The summed E-state index contributed by atoms with van der Waals surface area (Å²) in [5.74, 6) is 0.743. The highest BCUT2D eigenvalue weighted by Crippen LogP contribution is 2.29. The summed E-state index contributed by atoms with van der Waals surface area (Å²) in [6, 6.07) is 8.14. The molecule has 1 atom stereocenters. The number of halogens is 1. The molecule has 1 aromatic heterocycles. The van der Waals surface area contributed by atoms with Crippen molar-refractivity contribution < 1.29 is 9.84 Å². The minimum Gasteiger partial charge on any atom is -0.494 e. The van der Waals surface area contributed by atoms with Crippen LogP contribution in [0.25, 0.3) is 0 Å². The lowest BCUT2D eigenvalue weighted by molar-refractivity contribution is 0.267. The highest BCUT2D eigenvalue weighted by Gasteiger charge is 2.10. The van der Waals surface area contributed by atoms with Gasteiger partial charge in [-0.3, -0.25) is 0 Å². The van der Waals surface area contributed by atoms with E-state index >= 15 is 0 Å². The van der Waals surface area contributed by atoms with Crippen molar-refractivity contribution in [3.05, 3.63) is 44.6 Å². The van der Waals surface area contributed by atoms with Crippen LogP contribution in [-0.2, 0) is 6.61 Å². The quantitative estimate of drug-likeness (QED) is 0.796. The van der Waals surface area contributed by atoms with Crippen LogP contribution < -0.4 is 10.1 Å². The molecule has 3 nitrogen and oxygen atoms in total. The third kappa shape index (κ3) is 3.75. The molecule has 0 spiro atoms. The summed E-state index contributed by atoms with van der Waals surface area (Å²) >= 11 is 5.18. The van der Waals surface area contributed by atoms with Gasteiger partial charge in [0.2, 0.25) is 0 Å². The van der Waals surface area contributed by atoms with Gasteiger partial charge in [-0.15, -0.1) is 11.3 Å². The molecule has 2 rings (SSSR count). The molecule has 0 aliphatic carbocycles. The monoisotopic (exact) mass is 355 g/mol. The molecule has 0 bridgehead atoms. The molecular weight excluding hydrogens is 338 g/mol. The Morgan fingerprint density at radius 3 is 2.80 bits per heavy atom. The molecule has 0 saturated heterocycles. The molecule has 0 saturated carbocycles. The minimum atomic E-state index is -0.0240. The second-order valence-electron chi connectivity index (χ2n) is 4.45. The maximum Gasteiger partial charge on any atom is 0.124 e. The van der Waals surface area contributed by atoms with E-state index in [9.17, 15) is 5.11 Å². The van der Waals surface area contributed by atoms with Crippen molar-refractivity contribution in [2.45, 2.75) is 26.5 Å². The molecule has 0 aliphatic rings. The fourth-order valence-electron chi connectivity index (χ4n) is 1.97. The summed E-state index contributed by atoms with van der Waals surface area (Å²) in [7, 11) is 0. The van der Waals surface area contributed by atoms with E-state index in [1.54, 1.807) is 11.3 Å². The first-order valence-corrected chi connectivity index (χ1v) is 8.18. The van der Waals surface area contributed by atoms with Gasteiger partial charge >= 0.3 is 0 Å². The Morgan fingerprint density at radius 1 is 1.40 bits per heavy atom. The topological polar surface area (TPSA) is 41.5 Å². The predicted molar refractivity (Wildman–Crippen MR) is 87.6 cm³/mol. The third-order valence-electron chi connectivity index (χ3n) is 2.93. The van der Waals surface area contributed by atoms with Crippen LogP contribution in [0.1, 0.15) is 30.3 Å². The number of hydrogen-bond acceptors (Lipinski definition) is 4. The third-order valence-corrected chi connectivity index (χ3v) is 4.80. The van der Waals surface area contributed by atoms with Gasteiger partial charge in [-0.1, -0.05) is 0 Å². The lowest BCUT2D eigenvalue weighted by Crippen LogP contribution is -2.06. The molecular formula is C15H18BrNO2S. The van der Waals surface area contributed by atoms with Crippen LogP contribution in [0.4, 0.5) is 5.69 Å². The molecule has 108 valence electrons. The van der Waals surface area contributed by atoms with Crippen molar-refractivity contribution in [2.75, 3.05) is 11.9 Å². The number of rotatable bonds is 6. The Bertz CT molecular complexity index is 571. The number of benzene rings is 1. The summed E-state index contributed by atoms with van der Waals surface area (Å²) in [6.45, 7) is 4.63. The normalized spacial score (nSPS) is 12.2. The van der Waals surface area contributed by atoms with Gasteiger partial charge in [0.05, 0.1) is 19.3 Å². The average Bonchev–Trinajstić information content (AvgIpc) is 2.87. The Morgan fingerprint density at radius 2 is 2.20 bits per heavy atom. The molecule has 1 heterocycles. The van der Waals surface area contributed by atoms with E-state index in [1.165, 1.54) is 4.88 Å². The predicted octanol–water partition coefficient (Wildman–Crippen LogP) is 4.57. The number of anilines is 1. The number of ether oxygens (including phenoxy) is 1. The van der Waals surface area contributed by atoms with Gasteiger partial charge in [0.1, 0.15) is 5.75 Å². The molecule has 20 heavy (non-hydrogen) atoms. The zero-order chi connectivity index (χ0) is 14.5. The lowest BCUT2D eigenvalue weighted by Gasteiger charge is -2.16. The molecule has 1 aromatic carbocycles. The molecule has 5 heteroatoms. The minimum absolute atomic E-state index is 0.0240. The largest absolute Gasteiger partial charge is 0.494 e. The maximum absolute atomic E-state index is 9.41. The Kier molecular flexibility index (Phi) is 5.46. The molecule has 2 aromatic rings. The number of nitrogens with one attached hydrogen (secondary N) is 1.